The lowest BCUT2D eigenvalue weighted by Crippen LogP contribution is -2.32. The third-order valence-electron chi connectivity index (χ3n) is 2.66. The molecule has 21 heavy (non-hydrogen) atoms. The van der Waals surface area contributed by atoms with Crippen LogP contribution in [0.15, 0.2) is 30.3 Å². The van der Waals surface area contributed by atoms with Crippen LogP contribution in [-0.2, 0) is 23.1 Å². The molecule has 7 heteroatoms. The van der Waals surface area contributed by atoms with Gasteiger partial charge in [-0.15, -0.1) is 0 Å². The molecular formula is C14H19O6P. The summed E-state index contributed by atoms with van der Waals surface area (Å²) in [6.07, 6.45) is -0.621. The monoisotopic (exact) mass is 314 g/mol. The van der Waals surface area contributed by atoms with Crippen LogP contribution >= 0.6 is 7.82 Å². The Morgan fingerprint density at radius 3 is 2.57 bits per heavy atom. The van der Waals surface area contributed by atoms with Crippen LogP contribution in [0.3, 0.4) is 0 Å². The van der Waals surface area contributed by atoms with Gasteiger partial charge in [-0.05, 0) is 32.9 Å². The Labute approximate surface area is 124 Å². The molecule has 1 aliphatic rings. The highest BCUT2D eigenvalue weighted by Crippen LogP contribution is 2.53. The van der Waals surface area contributed by atoms with Gasteiger partial charge in [-0.3, -0.25) is 9.32 Å². The molecule has 1 fully saturated rings. The molecule has 0 bridgehead atoms. The minimum Gasteiger partial charge on any atom is -0.435 e. The summed E-state index contributed by atoms with van der Waals surface area (Å²) in [5.41, 5.74) is -0.661. The SMILES string of the molecule is CC(C)(C)C(=O)O[C@@H]1CCO[P@](=O)(Oc2ccccc2)O1. The maximum atomic E-state index is 12.4. The van der Waals surface area contributed by atoms with Crippen molar-refractivity contribution in [2.24, 2.45) is 5.41 Å². The molecule has 6 nitrogen and oxygen atoms in total. The summed E-state index contributed by atoms with van der Waals surface area (Å²) in [6.45, 7) is 5.32. The molecule has 1 aromatic carbocycles. The number of hydrogen-bond acceptors (Lipinski definition) is 6. The Balaban J connectivity index is 2.00. The highest BCUT2D eigenvalue weighted by molar-refractivity contribution is 7.49. The van der Waals surface area contributed by atoms with Gasteiger partial charge in [0.1, 0.15) is 5.75 Å². The first kappa shape index (κ1) is 16.0. The van der Waals surface area contributed by atoms with Gasteiger partial charge in [-0.2, -0.15) is 0 Å². The molecule has 0 spiro atoms. The summed E-state index contributed by atoms with van der Waals surface area (Å²) < 4.78 is 33.1. The standard InChI is InChI=1S/C14H19O6P/c1-14(2,3)13(15)18-12-9-10-17-21(16,20-12)19-11-7-5-4-6-8-11/h4-8,12H,9-10H2,1-3H3/t12-,21+/m0/s1. The van der Waals surface area contributed by atoms with Crippen LogP contribution in [-0.4, -0.2) is 18.9 Å². The van der Waals surface area contributed by atoms with Crippen molar-refractivity contribution in [2.75, 3.05) is 6.61 Å². The zero-order chi connectivity index (χ0) is 15.5. The van der Waals surface area contributed by atoms with E-state index in [1.54, 1.807) is 51.1 Å². The number of hydrogen-bond donors (Lipinski definition) is 0. The van der Waals surface area contributed by atoms with E-state index in [0.29, 0.717) is 12.2 Å². The van der Waals surface area contributed by atoms with E-state index in [1.807, 2.05) is 0 Å². The van der Waals surface area contributed by atoms with E-state index in [4.69, 9.17) is 18.3 Å². The van der Waals surface area contributed by atoms with E-state index in [2.05, 4.69) is 0 Å². The molecule has 0 N–H and O–H groups in total. The van der Waals surface area contributed by atoms with Crippen molar-refractivity contribution in [3.63, 3.8) is 0 Å². The van der Waals surface area contributed by atoms with Crippen LogP contribution in [0.5, 0.6) is 5.75 Å². The Bertz CT molecular complexity index is 536. The molecule has 0 saturated carbocycles. The third kappa shape index (κ3) is 4.56. The fraction of sp³-hybridized carbons (Fsp3) is 0.500. The first-order valence-electron chi connectivity index (χ1n) is 6.67. The quantitative estimate of drug-likeness (QED) is 0.628. The van der Waals surface area contributed by atoms with Crippen LogP contribution in [0, 0.1) is 5.41 Å². The Kier molecular flexibility index (Phi) is 4.71. The van der Waals surface area contributed by atoms with Crippen molar-refractivity contribution in [1.29, 1.82) is 0 Å². The normalized spacial score (nSPS) is 26.1. The molecule has 0 aliphatic carbocycles. The zero-order valence-electron chi connectivity index (χ0n) is 12.3. The van der Waals surface area contributed by atoms with Crippen molar-refractivity contribution >= 4 is 13.8 Å². The Hall–Kier alpha value is -1.36. The van der Waals surface area contributed by atoms with E-state index in [9.17, 15) is 9.36 Å². The maximum Gasteiger partial charge on any atom is 0.533 e. The lowest BCUT2D eigenvalue weighted by molar-refractivity contribution is -0.180. The van der Waals surface area contributed by atoms with Crippen molar-refractivity contribution in [3.05, 3.63) is 30.3 Å². The van der Waals surface area contributed by atoms with E-state index >= 15 is 0 Å². The van der Waals surface area contributed by atoms with Crippen molar-refractivity contribution in [1.82, 2.24) is 0 Å². The number of esters is 1. The number of phosphoric ester groups is 1. The Morgan fingerprint density at radius 1 is 1.29 bits per heavy atom. The minimum absolute atomic E-state index is 0.131. The lowest BCUT2D eigenvalue weighted by Gasteiger charge is -2.30. The second-order valence-electron chi connectivity index (χ2n) is 5.66. The van der Waals surface area contributed by atoms with Gasteiger partial charge in [-0.25, -0.2) is 9.09 Å². The molecule has 0 aromatic heterocycles. The number of ether oxygens (including phenoxy) is 1. The van der Waals surface area contributed by atoms with Gasteiger partial charge < -0.3 is 9.26 Å². The molecule has 2 rings (SSSR count). The first-order chi connectivity index (χ1) is 9.78. The van der Waals surface area contributed by atoms with Crippen molar-refractivity contribution in [2.45, 2.75) is 33.5 Å². The fourth-order valence-corrected chi connectivity index (χ4v) is 2.82. The van der Waals surface area contributed by atoms with Gasteiger partial charge in [0.05, 0.1) is 12.0 Å². The number of para-hydroxylation sites is 1. The van der Waals surface area contributed by atoms with E-state index in [1.165, 1.54) is 0 Å². The predicted molar refractivity (Wildman–Crippen MR) is 75.7 cm³/mol. The van der Waals surface area contributed by atoms with Crippen LogP contribution in [0.25, 0.3) is 0 Å². The smallest absolute Gasteiger partial charge is 0.435 e. The van der Waals surface area contributed by atoms with Crippen LogP contribution in [0.1, 0.15) is 27.2 Å². The molecule has 0 unspecified atom stereocenters. The van der Waals surface area contributed by atoms with Crippen LogP contribution in [0.2, 0.25) is 0 Å². The lowest BCUT2D eigenvalue weighted by atomic mass is 9.97. The van der Waals surface area contributed by atoms with E-state index < -0.39 is 25.5 Å². The first-order valence-corrected chi connectivity index (χ1v) is 8.13. The van der Waals surface area contributed by atoms with E-state index in [0.717, 1.165) is 0 Å². The van der Waals surface area contributed by atoms with Crippen LogP contribution < -0.4 is 4.52 Å². The number of carbonyl (C=O) groups excluding carboxylic acids is 1. The summed E-state index contributed by atoms with van der Waals surface area (Å²) in [5.74, 6) is -0.0655. The van der Waals surface area contributed by atoms with Gasteiger partial charge in [0.25, 0.3) is 0 Å². The van der Waals surface area contributed by atoms with Gasteiger partial charge in [0.2, 0.25) is 6.29 Å². The summed E-state index contributed by atoms with van der Waals surface area (Å²) in [7, 11) is -3.78. The number of phosphoric acid groups is 1. The summed E-state index contributed by atoms with van der Waals surface area (Å²) in [6, 6.07) is 8.55. The third-order valence-corrected chi connectivity index (χ3v) is 4.09. The second kappa shape index (κ2) is 6.18. The summed E-state index contributed by atoms with van der Waals surface area (Å²) in [4.78, 5) is 11.8. The van der Waals surface area contributed by atoms with Crippen LogP contribution in [0.4, 0.5) is 0 Å². The predicted octanol–water partition coefficient (Wildman–Crippen LogP) is 3.53. The highest BCUT2D eigenvalue weighted by Gasteiger charge is 2.40. The largest absolute Gasteiger partial charge is 0.533 e. The van der Waals surface area contributed by atoms with Crippen molar-refractivity contribution in [3.8, 4) is 5.75 Å². The van der Waals surface area contributed by atoms with Gasteiger partial charge >= 0.3 is 13.8 Å². The number of carbonyl (C=O) groups is 1. The number of rotatable bonds is 3. The minimum atomic E-state index is -3.78. The molecule has 1 aliphatic heterocycles. The summed E-state index contributed by atoms with van der Waals surface area (Å²) in [5, 5.41) is 0. The Morgan fingerprint density at radius 2 is 1.95 bits per heavy atom. The molecule has 1 aromatic rings. The molecule has 1 heterocycles. The highest BCUT2D eigenvalue weighted by atomic mass is 31.2. The average Bonchev–Trinajstić information content (AvgIpc) is 2.38. The maximum absolute atomic E-state index is 12.4. The fourth-order valence-electron chi connectivity index (χ4n) is 1.52. The van der Waals surface area contributed by atoms with Crippen molar-refractivity contribution < 1.29 is 27.7 Å². The average molecular weight is 314 g/mol. The molecule has 1 saturated heterocycles. The number of benzene rings is 1. The van der Waals surface area contributed by atoms with Gasteiger partial charge in [0, 0.05) is 6.42 Å². The molecule has 0 radical (unpaired) electrons. The molecule has 0 amide bonds. The van der Waals surface area contributed by atoms with Gasteiger partial charge in [-0.1, -0.05) is 18.2 Å². The second-order valence-corrected chi connectivity index (χ2v) is 7.21. The van der Waals surface area contributed by atoms with Gasteiger partial charge in [0.15, 0.2) is 0 Å². The van der Waals surface area contributed by atoms with E-state index in [-0.39, 0.29) is 6.61 Å². The topological polar surface area (TPSA) is 71.1 Å². The zero-order valence-corrected chi connectivity index (χ0v) is 13.2. The molecule has 2 atom stereocenters. The summed E-state index contributed by atoms with van der Waals surface area (Å²) >= 11 is 0. The molecule has 116 valence electrons. The molecular weight excluding hydrogens is 295 g/mol.